The molecule has 0 fully saturated rings. The van der Waals surface area contributed by atoms with Crippen molar-refractivity contribution >= 4 is 43.1 Å². The number of carbonyl (C=O) groups is 2. The fraction of sp³-hybridized carbons (Fsp3) is 0.379. The Hall–Kier alpha value is -2.04. The van der Waals surface area contributed by atoms with Gasteiger partial charge in [-0.25, -0.2) is 0 Å². The Morgan fingerprint density at radius 1 is 0.639 bits per heavy atom. The van der Waals surface area contributed by atoms with Gasteiger partial charge in [-0.15, -0.1) is 11.4 Å². The molecule has 7 heteroatoms. The van der Waals surface area contributed by atoms with Gasteiger partial charge in [-0.05, 0) is 67.5 Å². The number of ketones is 2. The van der Waals surface area contributed by atoms with Crippen LogP contribution in [-0.2, 0) is 22.7 Å². The number of nitrogens with zero attached hydrogens (tertiary/aromatic N) is 2. The van der Waals surface area contributed by atoms with Gasteiger partial charge in [0.05, 0.1) is 0 Å². The van der Waals surface area contributed by atoms with E-state index in [1.165, 1.54) is 25.0 Å². The molecule has 2 rings (SSSR count). The normalized spacial score (nSPS) is 10.8. The van der Waals surface area contributed by atoms with Crippen molar-refractivity contribution in [1.29, 1.82) is 0 Å². The molecule has 0 bridgehead atoms. The van der Waals surface area contributed by atoms with Gasteiger partial charge in [-0.2, -0.15) is 11.4 Å². The molecule has 0 radical (unpaired) electrons. The van der Waals surface area contributed by atoms with Crippen LogP contribution in [0.3, 0.4) is 0 Å². The summed E-state index contributed by atoms with van der Waals surface area (Å²) in [5, 5.41) is 8.96. The summed E-state index contributed by atoms with van der Waals surface area (Å²) in [6, 6.07) is 8.42. The third-order valence-corrected chi connectivity index (χ3v) is 4.67. The van der Waals surface area contributed by atoms with Crippen molar-refractivity contribution in [3.05, 3.63) is 91.8 Å². The number of carbonyl (C=O) groups excluding carboxylic acids is 2. The van der Waals surface area contributed by atoms with Gasteiger partial charge in [0.2, 0.25) is 0 Å². The van der Waals surface area contributed by atoms with E-state index in [9.17, 15) is 9.59 Å². The first-order chi connectivity index (χ1) is 16.2. The van der Waals surface area contributed by atoms with E-state index in [0.717, 1.165) is 45.0 Å². The fourth-order valence-corrected chi connectivity index (χ4v) is 3.70. The molecule has 0 heterocycles. The molecule has 0 saturated heterocycles. The molecule has 0 atom stereocenters. The van der Waals surface area contributed by atoms with Crippen LogP contribution in [0.5, 0.6) is 0 Å². The zero-order chi connectivity index (χ0) is 27.3. The number of halogens is 2. The molecule has 202 valence electrons. The average molecular weight is 575 g/mol. The summed E-state index contributed by atoms with van der Waals surface area (Å²) in [5.74, 6) is 0.0623. The Kier molecular flexibility index (Phi) is 18.3. The minimum atomic E-state index is 0. The molecule has 0 N–H and O–H groups in total. The summed E-state index contributed by atoms with van der Waals surface area (Å²) in [4.78, 5) is 21.9. The molecule has 36 heavy (non-hydrogen) atoms. The molecule has 0 aromatic heterocycles. The molecule has 0 amide bonds. The summed E-state index contributed by atoms with van der Waals surface area (Å²) in [5.41, 5.74) is 10.5. The van der Waals surface area contributed by atoms with Crippen LogP contribution < -0.4 is 0 Å². The van der Waals surface area contributed by atoms with Crippen LogP contribution >= 0.6 is 20.2 Å². The van der Waals surface area contributed by atoms with Crippen molar-refractivity contribution in [3.8, 4) is 0 Å². The van der Waals surface area contributed by atoms with Crippen LogP contribution in [-0.4, -0.2) is 11.6 Å². The van der Waals surface area contributed by atoms with Crippen LogP contribution in [0.25, 0.3) is 10.6 Å². The van der Waals surface area contributed by atoms with Gasteiger partial charge in [0.25, 0.3) is 0 Å². The minimum absolute atomic E-state index is 0. The molecular weight excluding hydrogens is 535 g/mol. The van der Waals surface area contributed by atoms with E-state index in [2.05, 4.69) is 48.7 Å². The molecule has 0 aliphatic rings. The first-order valence-corrected chi connectivity index (χ1v) is 14.1. The van der Waals surface area contributed by atoms with Crippen molar-refractivity contribution < 1.29 is 22.7 Å². The molecule has 2 aromatic carbocycles. The van der Waals surface area contributed by atoms with Crippen molar-refractivity contribution in [2.75, 3.05) is 0 Å². The molecule has 0 aliphatic carbocycles. The Morgan fingerprint density at radius 3 is 1.06 bits per heavy atom. The van der Waals surface area contributed by atoms with Gasteiger partial charge in [0.1, 0.15) is 0 Å². The van der Waals surface area contributed by atoms with Gasteiger partial charge in [0, 0.05) is 0 Å². The monoisotopic (exact) mass is 574 g/mol. The molecule has 0 unspecified atom stereocenters. The predicted octanol–water partition coefficient (Wildman–Crippen LogP) is 10.2. The second-order valence-electron chi connectivity index (χ2n) is 8.56. The maximum absolute atomic E-state index is 10.9. The number of benzene rings is 2. The van der Waals surface area contributed by atoms with E-state index < -0.39 is 0 Å². The number of aryl methyl sites for hydroxylation is 6. The summed E-state index contributed by atoms with van der Waals surface area (Å²) in [7, 11) is 9.53. The molecule has 4 nitrogen and oxygen atoms in total. The third kappa shape index (κ3) is 14.5. The average Bonchev–Trinajstić information content (AvgIpc) is 2.67. The zero-order valence-electron chi connectivity index (χ0n) is 22.3. The molecule has 0 saturated carbocycles. The third-order valence-electron chi connectivity index (χ3n) is 4.67. The number of allylic oxidation sites excluding steroid dienone is 4. The van der Waals surface area contributed by atoms with Gasteiger partial charge < -0.3 is 10.6 Å². The second kappa shape index (κ2) is 18.2. The van der Waals surface area contributed by atoms with E-state index >= 15 is 0 Å². The zero-order valence-corrected chi connectivity index (χ0v) is 24.9. The van der Waals surface area contributed by atoms with Gasteiger partial charge in [0.15, 0.2) is 11.6 Å². The number of hydrogen-bond acceptors (Lipinski definition) is 2. The fourth-order valence-electron chi connectivity index (χ4n) is 3.70. The number of rotatable bonds is 6. The van der Waals surface area contributed by atoms with Crippen LogP contribution in [0.1, 0.15) is 68.5 Å². The molecule has 2 aromatic rings. The Labute approximate surface area is 233 Å². The van der Waals surface area contributed by atoms with Crippen LogP contribution in [0.2, 0.25) is 0 Å². The van der Waals surface area contributed by atoms with Crippen LogP contribution in [0.4, 0.5) is 11.4 Å². The standard InChI is InChI=1S/2C14H19NO.CH4.2ClH.Fe/c2*1-9-6-10(2)14(11(3)7-9)15-12(4)8-13(5)16;;;;/h2*6-8H,1-5H3,(H,15,16);1H4;2*1H;/q;;;;;+2/p-4. The Balaban J connectivity index is 0. The first-order valence-electron chi connectivity index (χ1n) is 11.0. The Morgan fingerprint density at radius 2 is 0.861 bits per heavy atom. The van der Waals surface area contributed by atoms with Gasteiger partial charge >= 0.3 is 33.3 Å². The maximum atomic E-state index is 10.9. The van der Waals surface area contributed by atoms with Crippen LogP contribution in [0, 0.1) is 41.5 Å². The SMILES string of the molecule is C.CC(=O)C=C(C)[N-]c1c(C)cc(C)cc1C.CC(=O)C=C(C)[N-]c1c(C)cc(C)cc1C.[Cl][Fe][Cl]. The summed E-state index contributed by atoms with van der Waals surface area (Å²) >= 11 is 0.194. The topological polar surface area (TPSA) is 62.3 Å². The van der Waals surface area contributed by atoms with Gasteiger partial charge in [-0.1, -0.05) is 78.9 Å². The van der Waals surface area contributed by atoms with Crippen molar-refractivity contribution in [2.24, 2.45) is 0 Å². The second-order valence-corrected chi connectivity index (χ2v) is 10.4. The Bertz CT molecular complexity index is 961. The van der Waals surface area contributed by atoms with Crippen molar-refractivity contribution in [1.82, 2.24) is 0 Å². The summed E-state index contributed by atoms with van der Waals surface area (Å²) < 4.78 is 0. The molecule has 0 spiro atoms. The van der Waals surface area contributed by atoms with Crippen molar-refractivity contribution in [3.63, 3.8) is 0 Å². The van der Waals surface area contributed by atoms with E-state index in [4.69, 9.17) is 20.2 Å². The van der Waals surface area contributed by atoms with Crippen LogP contribution in [0.15, 0.2) is 47.8 Å². The predicted molar refractivity (Wildman–Crippen MR) is 155 cm³/mol. The van der Waals surface area contributed by atoms with Crippen molar-refractivity contribution in [2.45, 2.75) is 76.7 Å². The van der Waals surface area contributed by atoms with Gasteiger partial charge in [-0.3, -0.25) is 9.59 Å². The quantitative estimate of drug-likeness (QED) is 0.254. The van der Waals surface area contributed by atoms with E-state index in [-0.39, 0.29) is 32.1 Å². The summed E-state index contributed by atoms with van der Waals surface area (Å²) in [6.07, 6.45) is 3.11. The number of hydrogen-bond donors (Lipinski definition) is 0. The molecular formula is C29H40Cl2FeN2O2-2. The molecule has 0 aliphatic heterocycles. The summed E-state index contributed by atoms with van der Waals surface area (Å²) in [6.45, 7) is 19.1. The van der Waals surface area contributed by atoms with E-state index in [0.29, 0.717) is 0 Å². The van der Waals surface area contributed by atoms with E-state index in [1.54, 1.807) is 12.2 Å². The van der Waals surface area contributed by atoms with E-state index in [1.807, 2.05) is 41.5 Å². The first kappa shape index (κ1) is 36.1.